The topological polar surface area (TPSA) is 42.2 Å². The minimum Gasteiger partial charge on any atom is -0.459 e. The highest BCUT2D eigenvalue weighted by molar-refractivity contribution is 9.10. The number of amides is 1. The van der Waals surface area contributed by atoms with E-state index in [2.05, 4.69) is 21.2 Å². The summed E-state index contributed by atoms with van der Waals surface area (Å²) in [7, 11) is 0. The summed E-state index contributed by atoms with van der Waals surface area (Å²) in [6, 6.07) is 13.7. The van der Waals surface area contributed by atoms with Gasteiger partial charge in [-0.2, -0.15) is 0 Å². The Kier molecular flexibility index (Phi) is 4.45. The third-order valence-corrected chi connectivity index (χ3v) is 4.83. The van der Waals surface area contributed by atoms with Gasteiger partial charge in [-0.05, 0) is 48.2 Å². The zero-order valence-electron chi connectivity index (χ0n) is 11.9. The molecular weight excluding hydrogens is 362 g/mol. The van der Waals surface area contributed by atoms with Gasteiger partial charge in [-0.15, -0.1) is 11.3 Å². The Morgan fingerprint density at radius 3 is 2.64 bits per heavy atom. The molecule has 2 aromatic heterocycles. The fourth-order valence-electron chi connectivity index (χ4n) is 2.10. The van der Waals surface area contributed by atoms with Crippen LogP contribution in [0.5, 0.6) is 0 Å². The zero-order valence-corrected chi connectivity index (χ0v) is 14.3. The molecule has 0 fully saturated rings. The lowest BCUT2D eigenvalue weighted by Crippen LogP contribution is -2.22. The fourth-order valence-corrected chi connectivity index (χ4v) is 3.20. The third-order valence-electron chi connectivity index (χ3n) is 3.28. The Morgan fingerprint density at radius 2 is 1.95 bits per heavy atom. The average Bonchev–Trinajstić information content (AvgIpc) is 3.14. The Hall–Kier alpha value is -1.85. The molecule has 3 nitrogen and oxygen atoms in total. The molecule has 2 heterocycles. The molecule has 22 heavy (non-hydrogen) atoms. The van der Waals surface area contributed by atoms with Gasteiger partial charge in [0.15, 0.2) is 0 Å². The lowest BCUT2D eigenvalue weighted by Gasteiger charge is -2.02. The first kappa shape index (κ1) is 15.1. The van der Waals surface area contributed by atoms with E-state index in [1.807, 2.05) is 54.8 Å². The third kappa shape index (κ3) is 3.31. The molecule has 0 unspecified atom stereocenters. The maximum atomic E-state index is 12.1. The lowest BCUT2D eigenvalue weighted by atomic mass is 10.2. The van der Waals surface area contributed by atoms with Gasteiger partial charge in [-0.1, -0.05) is 28.1 Å². The van der Waals surface area contributed by atoms with Crippen LogP contribution in [0.15, 0.2) is 56.7 Å². The summed E-state index contributed by atoms with van der Waals surface area (Å²) >= 11 is 4.86. The van der Waals surface area contributed by atoms with Crippen molar-refractivity contribution in [2.75, 3.05) is 0 Å². The van der Waals surface area contributed by atoms with Crippen molar-refractivity contribution in [1.29, 1.82) is 0 Å². The second kappa shape index (κ2) is 6.50. The number of hydrogen-bond acceptors (Lipinski definition) is 3. The van der Waals surface area contributed by atoms with Crippen LogP contribution in [0.25, 0.3) is 11.3 Å². The predicted octanol–water partition coefficient (Wildman–Crippen LogP) is 5.01. The van der Waals surface area contributed by atoms with Gasteiger partial charge in [0.25, 0.3) is 5.91 Å². The van der Waals surface area contributed by atoms with E-state index in [-0.39, 0.29) is 5.91 Å². The number of carbonyl (C=O) groups excluding carboxylic acids is 1. The summed E-state index contributed by atoms with van der Waals surface area (Å²) < 4.78 is 6.81. The zero-order chi connectivity index (χ0) is 15.5. The number of thiophene rings is 1. The first-order valence-corrected chi connectivity index (χ1v) is 8.47. The van der Waals surface area contributed by atoms with Crippen LogP contribution in [0.3, 0.4) is 0 Å². The van der Waals surface area contributed by atoms with E-state index >= 15 is 0 Å². The van der Waals surface area contributed by atoms with Crippen LogP contribution in [0.4, 0.5) is 0 Å². The van der Waals surface area contributed by atoms with Gasteiger partial charge in [-0.25, -0.2) is 0 Å². The number of halogens is 1. The minimum absolute atomic E-state index is 0.0610. The van der Waals surface area contributed by atoms with Gasteiger partial charge in [0.05, 0.1) is 11.4 Å². The smallest absolute Gasteiger partial charge is 0.261 e. The molecule has 1 amide bonds. The maximum absolute atomic E-state index is 12.1. The van der Waals surface area contributed by atoms with Crippen LogP contribution in [0.1, 0.15) is 21.0 Å². The van der Waals surface area contributed by atoms with E-state index in [1.54, 1.807) is 0 Å². The summed E-state index contributed by atoms with van der Waals surface area (Å²) in [4.78, 5) is 12.8. The number of aryl methyl sites for hydroxylation is 1. The fraction of sp³-hybridized carbons (Fsp3) is 0.118. The van der Waals surface area contributed by atoms with Gasteiger partial charge in [0.2, 0.25) is 0 Å². The molecule has 1 N–H and O–H groups in total. The van der Waals surface area contributed by atoms with E-state index in [0.29, 0.717) is 6.54 Å². The molecule has 0 aliphatic heterocycles. The monoisotopic (exact) mass is 375 g/mol. The summed E-state index contributed by atoms with van der Waals surface area (Å²) in [5.74, 6) is 1.47. The van der Waals surface area contributed by atoms with Crippen molar-refractivity contribution in [1.82, 2.24) is 5.32 Å². The molecule has 3 aromatic rings. The molecular formula is C17H14BrNO2S. The molecule has 0 aliphatic carbocycles. The minimum atomic E-state index is -0.0610. The van der Waals surface area contributed by atoms with Crippen LogP contribution < -0.4 is 5.32 Å². The molecule has 5 heteroatoms. The van der Waals surface area contributed by atoms with Gasteiger partial charge in [0.1, 0.15) is 11.5 Å². The summed E-state index contributed by atoms with van der Waals surface area (Å²) in [6.07, 6.45) is 0. The maximum Gasteiger partial charge on any atom is 0.261 e. The number of hydrogen-bond donors (Lipinski definition) is 1. The number of carbonyl (C=O) groups is 1. The Bertz CT molecular complexity index is 789. The summed E-state index contributed by atoms with van der Waals surface area (Å²) in [5.41, 5.74) is 2.01. The van der Waals surface area contributed by atoms with E-state index in [4.69, 9.17) is 4.42 Å². The van der Waals surface area contributed by atoms with Gasteiger partial charge in [-0.3, -0.25) is 4.79 Å². The van der Waals surface area contributed by atoms with Crippen LogP contribution >= 0.6 is 27.3 Å². The molecule has 0 saturated carbocycles. The van der Waals surface area contributed by atoms with Crippen LogP contribution in [0, 0.1) is 6.92 Å². The molecule has 1 aromatic carbocycles. The Morgan fingerprint density at radius 1 is 1.18 bits per heavy atom. The van der Waals surface area contributed by atoms with Gasteiger partial charge < -0.3 is 9.73 Å². The first-order valence-electron chi connectivity index (χ1n) is 6.80. The lowest BCUT2D eigenvalue weighted by molar-refractivity contribution is 0.0951. The van der Waals surface area contributed by atoms with Crippen LogP contribution in [-0.4, -0.2) is 5.91 Å². The molecule has 0 spiro atoms. The van der Waals surface area contributed by atoms with Crippen molar-refractivity contribution in [2.45, 2.75) is 13.5 Å². The van der Waals surface area contributed by atoms with Crippen molar-refractivity contribution in [3.63, 3.8) is 0 Å². The molecule has 0 bridgehead atoms. The number of nitrogens with one attached hydrogen (secondary N) is 1. The first-order chi connectivity index (χ1) is 10.6. The quantitative estimate of drug-likeness (QED) is 0.696. The second-order valence-corrected chi connectivity index (χ2v) is 6.72. The van der Waals surface area contributed by atoms with E-state index in [1.165, 1.54) is 11.3 Å². The molecule has 0 saturated heterocycles. The second-order valence-electron chi connectivity index (χ2n) is 4.89. The highest BCUT2D eigenvalue weighted by atomic mass is 79.9. The molecule has 0 radical (unpaired) electrons. The number of furan rings is 1. The standard InChI is InChI=1S/C17H14BrNO2S/c1-11-8-9-22-16(11)17(20)19-10-14-6-7-15(21-14)12-2-4-13(18)5-3-12/h2-9H,10H2,1H3,(H,19,20). The van der Waals surface area contributed by atoms with Crippen molar-refractivity contribution in [3.05, 3.63) is 68.5 Å². The predicted molar refractivity (Wildman–Crippen MR) is 92.1 cm³/mol. The molecule has 0 atom stereocenters. The van der Waals surface area contributed by atoms with Crippen molar-refractivity contribution in [3.8, 4) is 11.3 Å². The van der Waals surface area contributed by atoms with Crippen molar-refractivity contribution < 1.29 is 9.21 Å². The highest BCUT2D eigenvalue weighted by Crippen LogP contribution is 2.24. The van der Waals surface area contributed by atoms with E-state index in [9.17, 15) is 4.79 Å². The molecule has 0 aliphatic rings. The largest absolute Gasteiger partial charge is 0.459 e. The van der Waals surface area contributed by atoms with Crippen LogP contribution in [0.2, 0.25) is 0 Å². The average molecular weight is 376 g/mol. The molecule has 3 rings (SSSR count). The van der Waals surface area contributed by atoms with Crippen LogP contribution in [-0.2, 0) is 6.54 Å². The van der Waals surface area contributed by atoms with Crippen molar-refractivity contribution >= 4 is 33.2 Å². The van der Waals surface area contributed by atoms with Gasteiger partial charge in [0, 0.05) is 10.0 Å². The van der Waals surface area contributed by atoms with E-state index < -0.39 is 0 Å². The normalized spacial score (nSPS) is 10.6. The summed E-state index contributed by atoms with van der Waals surface area (Å²) in [5, 5.41) is 4.81. The van der Waals surface area contributed by atoms with Gasteiger partial charge >= 0.3 is 0 Å². The Balaban J connectivity index is 1.66. The SMILES string of the molecule is Cc1ccsc1C(=O)NCc1ccc(-c2ccc(Br)cc2)o1. The van der Waals surface area contributed by atoms with Crippen molar-refractivity contribution in [2.24, 2.45) is 0 Å². The highest BCUT2D eigenvalue weighted by Gasteiger charge is 2.11. The summed E-state index contributed by atoms with van der Waals surface area (Å²) in [6.45, 7) is 2.32. The van der Waals surface area contributed by atoms with E-state index in [0.717, 1.165) is 32.0 Å². The number of rotatable bonds is 4. The molecule has 112 valence electrons. The Labute approximate surface area is 141 Å². The number of benzene rings is 1.